The van der Waals surface area contributed by atoms with Crippen LogP contribution >= 0.6 is 11.8 Å². The average molecular weight is 265 g/mol. The van der Waals surface area contributed by atoms with Gasteiger partial charge >= 0.3 is 6.18 Å². The quantitative estimate of drug-likeness (QED) is 0.477. The molecular weight excluding hydrogens is 259 g/mol. The van der Waals surface area contributed by atoms with Gasteiger partial charge in [-0.2, -0.15) is 13.2 Å². The fourth-order valence-corrected chi connectivity index (χ4v) is 1.68. The Morgan fingerprint density at radius 1 is 1.29 bits per heavy atom. The normalized spacial score (nSPS) is 11.2. The number of carbonyl (C=O) groups excluding carboxylic acids is 1. The van der Waals surface area contributed by atoms with Crippen LogP contribution in [0, 0.1) is 10.1 Å². The molecule has 0 N–H and O–H groups in total. The van der Waals surface area contributed by atoms with Crippen LogP contribution in [0.5, 0.6) is 0 Å². The Bertz CT molecular complexity index is 430. The Balaban J connectivity index is 2.59. The molecule has 0 aliphatic carbocycles. The molecule has 1 aromatic carbocycles. The minimum Gasteiger partial charge on any atom is -0.289 e. The molecule has 0 radical (unpaired) electrons. The molecule has 0 saturated carbocycles. The molecule has 0 aromatic heterocycles. The van der Waals surface area contributed by atoms with Crippen molar-refractivity contribution in [1.29, 1.82) is 0 Å². The van der Waals surface area contributed by atoms with E-state index in [4.69, 9.17) is 0 Å². The van der Waals surface area contributed by atoms with Crippen LogP contribution in [0.1, 0.15) is 0 Å². The number of ketones is 1. The molecule has 0 aliphatic rings. The van der Waals surface area contributed by atoms with Crippen molar-refractivity contribution >= 4 is 23.2 Å². The summed E-state index contributed by atoms with van der Waals surface area (Å²) in [4.78, 5) is 20.6. The maximum atomic E-state index is 11.9. The van der Waals surface area contributed by atoms with Gasteiger partial charge in [-0.1, -0.05) is 0 Å². The molecule has 0 bridgehead atoms. The van der Waals surface area contributed by atoms with E-state index in [1.165, 1.54) is 24.3 Å². The fourth-order valence-electron chi connectivity index (χ4n) is 0.895. The topological polar surface area (TPSA) is 60.2 Å². The molecule has 8 heteroatoms. The summed E-state index contributed by atoms with van der Waals surface area (Å²) < 4.78 is 35.6. The van der Waals surface area contributed by atoms with E-state index < -0.39 is 22.6 Å². The monoisotopic (exact) mass is 265 g/mol. The first-order chi connectivity index (χ1) is 7.80. The highest BCUT2D eigenvalue weighted by atomic mass is 32.2. The lowest BCUT2D eigenvalue weighted by Crippen LogP contribution is -2.24. The molecule has 0 spiro atoms. The van der Waals surface area contributed by atoms with E-state index in [0.29, 0.717) is 16.7 Å². The number of halogens is 3. The Morgan fingerprint density at radius 3 is 2.24 bits per heavy atom. The Labute approximate surface area is 98.0 Å². The van der Waals surface area contributed by atoms with Crippen LogP contribution in [0.3, 0.4) is 0 Å². The molecule has 92 valence electrons. The molecule has 0 saturated heterocycles. The zero-order chi connectivity index (χ0) is 13.1. The molecular formula is C9H6F3NO3S. The second-order valence-electron chi connectivity index (χ2n) is 2.96. The highest BCUT2D eigenvalue weighted by Crippen LogP contribution is 2.25. The third kappa shape index (κ3) is 4.06. The summed E-state index contributed by atoms with van der Waals surface area (Å²) in [5, 5.41) is 10.3. The third-order valence-electron chi connectivity index (χ3n) is 1.73. The SMILES string of the molecule is O=C(CSc1ccc([N+](=O)[O-])cc1)C(F)(F)F. The van der Waals surface area contributed by atoms with Crippen LogP contribution in [-0.2, 0) is 4.79 Å². The molecule has 17 heavy (non-hydrogen) atoms. The number of hydrogen-bond acceptors (Lipinski definition) is 4. The second-order valence-corrected chi connectivity index (χ2v) is 4.01. The number of nitrogens with zero attached hydrogens (tertiary/aromatic N) is 1. The largest absolute Gasteiger partial charge is 0.450 e. The maximum absolute atomic E-state index is 11.9. The number of carbonyl (C=O) groups is 1. The first kappa shape index (κ1) is 13.5. The summed E-state index contributed by atoms with van der Waals surface area (Å²) in [7, 11) is 0. The predicted molar refractivity (Wildman–Crippen MR) is 54.9 cm³/mol. The van der Waals surface area contributed by atoms with Crippen LogP contribution in [0.2, 0.25) is 0 Å². The van der Waals surface area contributed by atoms with Crippen molar-refractivity contribution in [2.75, 3.05) is 5.75 Å². The number of thioether (sulfide) groups is 1. The van der Waals surface area contributed by atoms with Gasteiger partial charge in [0.15, 0.2) is 0 Å². The lowest BCUT2D eigenvalue weighted by atomic mass is 10.3. The maximum Gasteiger partial charge on any atom is 0.450 e. The summed E-state index contributed by atoms with van der Waals surface area (Å²) in [5.74, 6) is -2.57. The van der Waals surface area contributed by atoms with Gasteiger partial charge in [-0.05, 0) is 12.1 Å². The molecule has 0 fully saturated rings. The van der Waals surface area contributed by atoms with Gasteiger partial charge in [-0.15, -0.1) is 11.8 Å². The first-order valence-corrected chi connectivity index (χ1v) is 5.26. The van der Waals surface area contributed by atoms with E-state index >= 15 is 0 Å². The minimum absolute atomic E-state index is 0.156. The van der Waals surface area contributed by atoms with Gasteiger partial charge < -0.3 is 0 Å². The fraction of sp³-hybridized carbons (Fsp3) is 0.222. The van der Waals surface area contributed by atoms with Crippen LogP contribution < -0.4 is 0 Å². The number of nitro groups is 1. The summed E-state index contributed by atoms with van der Waals surface area (Å²) in [6, 6.07) is 4.93. The van der Waals surface area contributed by atoms with E-state index in [0.717, 1.165) is 0 Å². The molecule has 1 rings (SSSR count). The van der Waals surface area contributed by atoms with Crippen molar-refractivity contribution in [1.82, 2.24) is 0 Å². The molecule has 0 aliphatic heterocycles. The van der Waals surface area contributed by atoms with Crippen molar-refractivity contribution in [2.45, 2.75) is 11.1 Å². The van der Waals surface area contributed by atoms with Gasteiger partial charge in [-0.3, -0.25) is 14.9 Å². The number of alkyl halides is 3. The number of non-ortho nitro benzene ring substituents is 1. The Hall–Kier alpha value is -1.57. The van der Waals surface area contributed by atoms with Gasteiger partial charge in [0.1, 0.15) is 0 Å². The first-order valence-electron chi connectivity index (χ1n) is 4.28. The second kappa shape index (κ2) is 5.17. The zero-order valence-corrected chi connectivity index (χ0v) is 9.05. The lowest BCUT2D eigenvalue weighted by molar-refractivity contribution is -0.384. The van der Waals surface area contributed by atoms with Gasteiger partial charge in [0, 0.05) is 17.0 Å². The number of hydrogen-bond donors (Lipinski definition) is 0. The molecule has 0 atom stereocenters. The molecule has 0 heterocycles. The van der Waals surface area contributed by atoms with Crippen molar-refractivity contribution in [3.63, 3.8) is 0 Å². The summed E-state index contributed by atoms with van der Waals surface area (Å²) >= 11 is 0.684. The number of nitro benzene ring substituents is 1. The molecule has 1 aromatic rings. The summed E-state index contributed by atoms with van der Waals surface area (Å²) in [6.07, 6.45) is -4.84. The van der Waals surface area contributed by atoms with Crippen molar-refractivity contribution < 1.29 is 22.9 Å². The number of benzene rings is 1. The van der Waals surface area contributed by atoms with E-state index in [-0.39, 0.29) is 5.69 Å². The van der Waals surface area contributed by atoms with E-state index in [2.05, 4.69) is 0 Å². The third-order valence-corrected chi connectivity index (χ3v) is 2.75. The van der Waals surface area contributed by atoms with E-state index in [1.807, 2.05) is 0 Å². The predicted octanol–water partition coefficient (Wildman–Crippen LogP) is 2.82. The van der Waals surface area contributed by atoms with Crippen molar-refractivity contribution in [2.24, 2.45) is 0 Å². The van der Waals surface area contributed by atoms with Gasteiger partial charge in [0.25, 0.3) is 5.69 Å². The Kier molecular flexibility index (Phi) is 4.11. The number of Topliss-reactive ketones (excluding diaryl/α,β-unsaturated/α-hetero) is 1. The minimum atomic E-state index is -4.84. The van der Waals surface area contributed by atoms with Crippen molar-refractivity contribution in [3.05, 3.63) is 34.4 Å². The van der Waals surface area contributed by atoms with Gasteiger partial charge in [0.05, 0.1) is 10.7 Å². The van der Waals surface area contributed by atoms with Gasteiger partial charge in [0.2, 0.25) is 5.78 Å². The van der Waals surface area contributed by atoms with Crippen LogP contribution in [-0.4, -0.2) is 22.6 Å². The summed E-state index contributed by atoms with van der Waals surface area (Å²) in [6.45, 7) is 0. The smallest absolute Gasteiger partial charge is 0.289 e. The molecule has 4 nitrogen and oxygen atoms in total. The van der Waals surface area contributed by atoms with E-state index in [1.54, 1.807) is 0 Å². The molecule has 0 amide bonds. The van der Waals surface area contributed by atoms with E-state index in [9.17, 15) is 28.1 Å². The van der Waals surface area contributed by atoms with Gasteiger partial charge in [-0.25, -0.2) is 0 Å². The zero-order valence-electron chi connectivity index (χ0n) is 8.23. The molecule has 0 unspecified atom stereocenters. The van der Waals surface area contributed by atoms with Crippen LogP contribution in [0.15, 0.2) is 29.2 Å². The van der Waals surface area contributed by atoms with Crippen LogP contribution in [0.4, 0.5) is 18.9 Å². The standard InChI is InChI=1S/C9H6F3NO3S/c10-9(11,12)8(14)5-17-7-3-1-6(2-4-7)13(15)16/h1-4H,5H2. The highest BCUT2D eigenvalue weighted by Gasteiger charge is 2.37. The lowest BCUT2D eigenvalue weighted by Gasteiger charge is -2.04. The highest BCUT2D eigenvalue weighted by molar-refractivity contribution is 8.00. The van der Waals surface area contributed by atoms with Crippen LogP contribution in [0.25, 0.3) is 0 Å². The summed E-state index contributed by atoms with van der Waals surface area (Å²) in [5.41, 5.74) is -0.156. The number of rotatable bonds is 4. The Morgan fingerprint density at radius 2 is 1.82 bits per heavy atom. The van der Waals surface area contributed by atoms with Crippen molar-refractivity contribution in [3.8, 4) is 0 Å². The average Bonchev–Trinajstić information content (AvgIpc) is 2.25.